The van der Waals surface area contributed by atoms with Gasteiger partial charge in [-0.3, -0.25) is 4.79 Å². The molecule has 0 saturated heterocycles. The molecule has 0 saturated carbocycles. The summed E-state index contributed by atoms with van der Waals surface area (Å²) in [5.74, 6) is 1.23. The van der Waals surface area contributed by atoms with Crippen LogP contribution in [0.25, 0.3) is 6.08 Å². The molecule has 25 heavy (non-hydrogen) atoms. The van der Waals surface area contributed by atoms with Gasteiger partial charge in [0.2, 0.25) is 0 Å². The van der Waals surface area contributed by atoms with Crippen molar-refractivity contribution in [3.63, 3.8) is 0 Å². The van der Waals surface area contributed by atoms with E-state index in [-0.39, 0.29) is 11.5 Å². The van der Waals surface area contributed by atoms with Crippen LogP contribution in [0.3, 0.4) is 0 Å². The molecular formula is C19H19BrO5. The van der Waals surface area contributed by atoms with Crippen LogP contribution in [0.1, 0.15) is 22.8 Å². The second-order valence-electron chi connectivity index (χ2n) is 5.05. The largest absolute Gasteiger partial charge is 0.503 e. The zero-order valence-corrected chi connectivity index (χ0v) is 15.8. The van der Waals surface area contributed by atoms with Crippen LogP contribution in [-0.4, -0.2) is 31.7 Å². The van der Waals surface area contributed by atoms with E-state index >= 15 is 0 Å². The molecule has 2 aromatic rings. The van der Waals surface area contributed by atoms with Gasteiger partial charge in [0.1, 0.15) is 11.5 Å². The Kier molecular flexibility index (Phi) is 6.47. The molecule has 1 N–H and O–H groups in total. The highest BCUT2D eigenvalue weighted by molar-refractivity contribution is 9.10. The number of ketones is 1. The Morgan fingerprint density at radius 2 is 1.92 bits per heavy atom. The van der Waals surface area contributed by atoms with Crippen LogP contribution in [0, 0.1) is 0 Å². The number of allylic oxidation sites excluding steroid dienone is 1. The number of hydrogen-bond donors (Lipinski definition) is 1. The first-order valence-electron chi connectivity index (χ1n) is 7.59. The second kappa shape index (κ2) is 8.58. The highest BCUT2D eigenvalue weighted by Crippen LogP contribution is 2.36. The lowest BCUT2D eigenvalue weighted by atomic mass is 10.1. The molecule has 5 nitrogen and oxygen atoms in total. The molecule has 0 unspecified atom stereocenters. The number of methoxy groups -OCH3 is 2. The molecule has 0 spiro atoms. The van der Waals surface area contributed by atoms with Gasteiger partial charge in [-0.05, 0) is 58.8 Å². The normalized spacial score (nSPS) is 10.7. The van der Waals surface area contributed by atoms with Crippen LogP contribution in [0.15, 0.2) is 40.9 Å². The summed E-state index contributed by atoms with van der Waals surface area (Å²) in [6.45, 7) is 2.25. The maximum Gasteiger partial charge on any atom is 0.189 e. The van der Waals surface area contributed by atoms with Crippen molar-refractivity contribution in [2.75, 3.05) is 20.8 Å². The van der Waals surface area contributed by atoms with Gasteiger partial charge in [-0.2, -0.15) is 0 Å². The zero-order chi connectivity index (χ0) is 18.4. The Hall–Kier alpha value is -2.47. The van der Waals surface area contributed by atoms with Gasteiger partial charge < -0.3 is 19.3 Å². The molecular weight excluding hydrogens is 388 g/mol. The van der Waals surface area contributed by atoms with Crippen LogP contribution in [0.5, 0.6) is 23.0 Å². The molecule has 0 heterocycles. The highest BCUT2D eigenvalue weighted by atomic mass is 79.9. The van der Waals surface area contributed by atoms with Gasteiger partial charge in [0.25, 0.3) is 0 Å². The molecule has 132 valence electrons. The van der Waals surface area contributed by atoms with Crippen molar-refractivity contribution in [1.29, 1.82) is 0 Å². The standard InChI is InChI=1S/C19H19BrO5/c1-4-25-18-10-12(9-15(20)19(18)22)5-8-16(21)14-7-6-13(23-2)11-17(14)24-3/h5-11,22H,4H2,1-3H3/b8-5+. The zero-order valence-electron chi connectivity index (χ0n) is 14.2. The lowest BCUT2D eigenvalue weighted by Gasteiger charge is -2.09. The molecule has 0 fully saturated rings. The van der Waals surface area contributed by atoms with Crippen molar-refractivity contribution < 1.29 is 24.1 Å². The minimum Gasteiger partial charge on any atom is -0.503 e. The Balaban J connectivity index is 2.29. The number of carbonyl (C=O) groups is 1. The summed E-state index contributed by atoms with van der Waals surface area (Å²) in [5, 5.41) is 9.93. The Labute approximate surface area is 155 Å². The molecule has 0 bridgehead atoms. The third-order valence-corrected chi connectivity index (χ3v) is 4.06. The van der Waals surface area contributed by atoms with Crippen LogP contribution in [-0.2, 0) is 0 Å². The summed E-state index contributed by atoms with van der Waals surface area (Å²) in [5.41, 5.74) is 1.15. The van der Waals surface area contributed by atoms with Crippen molar-refractivity contribution in [2.24, 2.45) is 0 Å². The summed E-state index contributed by atoms with van der Waals surface area (Å²) in [7, 11) is 3.05. The van der Waals surface area contributed by atoms with Crippen LogP contribution >= 0.6 is 15.9 Å². The first-order chi connectivity index (χ1) is 12.0. The minimum atomic E-state index is -0.207. The monoisotopic (exact) mass is 406 g/mol. The third kappa shape index (κ3) is 4.54. The molecule has 0 amide bonds. The molecule has 0 radical (unpaired) electrons. The molecule has 6 heteroatoms. The number of benzene rings is 2. The quantitative estimate of drug-likeness (QED) is 0.542. The fourth-order valence-electron chi connectivity index (χ4n) is 2.22. The van der Waals surface area contributed by atoms with Crippen molar-refractivity contribution in [3.05, 3.63) is 52.0 Å². The van der Waals surface area contributed by atoms with E-state index in [1.165, 1.54) is 13.2 Å². The molecule has 0 aliphatic rings. The van der Waals surface area contributed by atoms with E-state index in [1.807, 2.05) is 6.92 Å². The van der Waals surface area contributed by atoms with Gasteiger partial charge in [0, 0.05) is 6.07 Å². The number of hydrogen-bond acceptors (Lipinski definition) is 5. The Bertz CT molecular complexity index is 799. The average molecular weight is 407 g/mol. The van der Waals surface area contributed by atoms with Crippen molar-refractivity contribution in [2.45, 2.75) is 6.92 Å². The van der Waals surface area contributed by atoms with Gasteiger partial charge in [-0.1, -0.05) is 6.08 Å². The number of phenols is 1. The van der Waals surface area contributed by atoms with Crippen molar-refractivity contribution in [3.8, 4) is 23.0 Å². The van der Waals surface area contributed by atoms with E-state index < -0.39 is 0 Å². The number of rotatable bonds is 7. The van der Waals surface area contributed by atoms with E-state index in [0.29, 0.717) is 39.5 Å². The van der Waals surface area contributed by atoms with Gasteiger partial charge in [-0.15, -0.1) is 0 Å². The highest BCUT2D eigenvalue weighted by Gasteiger charge is 2.12. The molecule has 0 aromatic heterocycles. The van der Waals surface area contributed by atoms with Crippen molar-refractivity contribution >= 4 is 27.8 Å². The van der Waals surface area contributed by atoms with Crippen LogP contribution in [0.2, 0.25) is 0 Å². The lowest BCUT2D eigenvalue weighted by Crippen LogP contribution is -1.99. The average Bonchev–Trinajstić information content (AvgIpc) is 2.63. The van der Waals surface area contributed by atoms with E-state index in [0.717, 1.165) is 0 Å². The second-order valence-corrected chi connectivity index (χ2v) is 5.90. The molecule has 0 aliphatic carbocycles. The molecule has 0 aliphatic heterocycles. The molecule has 2 aromatic carbocycles. The number of ether oxygens (including phenoxy) is 3. The summed E-state index contributed by atoms with van der Waals surface area (Å²) in [6, 6.07) is 8.38. The first kappa shape index (κ1) is 18.9. The Morgan fingerprint density at radius 3 is 2.56 bits per heavy atom. The predicted octanol–water partition coefficient (Wildman–Crippen LogP) is 4.47. The van der Waals surface area contributed by atoms with Gasteiger partial charge in [0.05, 0.1) is 30.9 Å². The summed E-state index contributed by atoms with van der Waals surface area (Å²) in [6.07, 6.45) is 3.09. The minimum absolute atomic E-state index is 0.0298. The Morgan fingerprint density at radius 1 is 1.16 bits per heavy atom. The number of aromatic hydroxyl groups is 1. The van der Waals surface area contributed by atoms with Gasteiger partial charge in [-0.25, -0.2) is 0 Å². The smallest absolute Gasteiger partial charge is 0.189 e. The molecule has 2 rings (SSSR count). The SMILES string of the molecule is CCOc1cc(/C=C/C(=O)c2ccc(OC)cc2OC)cc(Br)c1O. The molecule has 0 atom stereocenters. The van der Waals surface area contributed by atoms with E-state index in [9.17, 15) is 9.90 Å². The van der Waals surface area contributed by atoms with E-state index in [1.54, 1.807) is 43.5 Å². The number of halogens is 1. The third-order valence-electron chi connectivity index (χ3n) is 3.45. The summed E-state index contributed by atoms with van der Waals surface area (Å²) < 4.78 is 16.3. The summed E-state index contributed by atoms with van der Waals surface area (Å²) in [4.78, 5) is 12.5. The maximum absolute atomic E-state index is 12.5. The summed E-state index contributed by atoms with van der Waals surface area (Å²) >= 11 is 3.27. The fraction of sp³-hybridized carbons (Fsp3) is 0.211. The van der Waals surface area contributed by atoms with Crippen LogP contribution < -0.4 is 14.2 Å². The maximum atomic E-state index is 12.5. The van der Waals surface area contributed by atoms with Crippen LogP contribution in [0.4, 0.5) is 0 Å². The van der Waals surface area contributed by atoms with Gasteiger partial charge in [0.15, 0.2) is 17.3 Å². The number of carbonyl (C=O) groups excluding carboxylic acids is 1. The lowest BCUT2D eigenvalue weighted by molar-refractivity contribution is 0.104. The first-order valence-corrected chi connectivity index (χ1v) is 8.39. The van der Waals surface area contributed by atoms with E-state index in [2.05, 4.69) is 15.9 Å². The predicted molar refractivity (Wildman–Crippen MR) is 99.9 cm³/mol. The van der Waals surface area contributed by atoms with Crippen molar-refractivity contribution in [1.82, 2.24) is 0 Å². The fourth-order valence-corrected chi connectivity index (χ4v) is 2.68. The van der Waals surface area contributed by atoms with Gasteiger partial charge >= 0.3 is 0 Å². The van der Waals surface area contributed by atoms with E-state index in [4.69, 9.17) is 14.2 Å². The topological polar surface area (TPSA) is 65.0 Å². The number of phenolic OH excluding ortho intramolecular Hbond substituents is 1.